The molecule has 0 amide bonds. The highest BCUT2D eigenvalue weighted by molar-refractivity contribution is 9.10. The lowest BCUT2D eigenvalue weighted by Gasteiger charge is -2.10. The Morgan fingerprint density at radius 3 is 2.75 bits per heavy atom. The van der Waals surface area contributed by atoms with Crippen LogP contribution in [0.3, 0.4) is 0 Å². The van der Waals surface area contributed by atoms with Crippen LogP contribution in [0.25, 0.3) is 17.0 Å². The van der Waals surface area contributed by atoms with Gasteiger partial charge < -0.3 is 5.32 Å². The van der Waals surface area contributed by atoms with Gasteiger partial charge in [-0.3, -0.25) is 4.98 Å². The Hall–Kier alpha value is -2.80. The monoisotopic (exact) mass is 380 g/mol. The van der Waals surface area contributed by atoms with Crippen molar-refractivity contribution >= 4 is 33.1 Å². The fraction of sp³-hybridized carbons (Fsp3) is 0.0588. The van der Waals surface area contributed by atoms with Crippen molar-refractivity contribution in [3.63, 3.8) is 0 Å². The first-order chi connectivity index (χ1) is 11.7. The van der Waals surface area contributed by atoms with Crippen molar-refractivity contribution in [1.82, 2.24) is 24.6 Å². The molecule has 7 heteroatoms. The molecule has 4 aromatic rings. The molecule has 4 heterocycles. The van der Waals surface area contributed by atoms with E-state index >= 15 is 0 Å². The van der Waals surface area contributed by atoms with Crippen LogP contribution < -0.4 is 5.32 Å². The molecule has 0 aromatic carbocycles. The number of pyridine rings is 2. The van der Waals surface area contributed by atoms with E-state index < -0.39 is 0 Å². The average Bonchev–Trinajstić information content (AvgIpc) is 3.04. The van der Waals surface area contributed by atoms with Crippen LogP contribution in [0.1, 0.15) is 5.69 Å². The van der Waals surface area contributed by atoms with Crippen molar-refractivity contribution in [2.24, 2.45) is 0 Å². The number of anilines is 2. The molecule has 0 saturated heterocycles. The third-order valence-electron chi connectivity index (χ3n) is 3.51. The van der Waals surface area contributed by atoms with Gasteiger partial charge in [0.25, 0.3) is 0 Å². The van der Waals surface area contributed by atoms with Crippen LogP contribution >= 0.6 is 15.9 Å². The van der Waals surface area contributed by atoms with E-state index in [1.807, 2.05) is 49.4 Å². The number of halogens is 1. The third kappa shape index (κ3) is 2.85. The van der Waals surface area contributed by atoms with Crippen LogP contribution in [0.2, 0.25) is 0 Å². The molecule has 0 spiro atoms. The van der Waals surface area contributed by atoms with E-state index in [9.17, 15) is 0 Å². The summed E-state index contributed by atoms with van der Waals surface area (Å²) in [7, 11) is 0. The number of hydrogen-bond donors (Lipinski definition) is 1. The first-order valence-corrected chi connectivity index (χ1v) is 8.16. The molecule has 0 aliphatic rings. The van der Waals surface area contributed by atoms with Gasteiger partial charge in [0.15, 0.2) is 5.65 Å². The van der Waals surface area contributed by atoms with Gasteiger partial charge in [-0.25, -0.2) is 9.97 Å². The van der Waals surface area contributed by atoms with Crippen molar-refractivity contribution in [3.8, 4) is 11.4 Å². The van der Waals surface area contributed by atoms with Gasteiger partial charge >= 0.3 is 0 Å². The first kappa shape index (κ1) is 14.8. The lowest BCUT2D eigenvalue weighted by molar-refractivity contribution is 0.947. The molecule has 4 aromatic heterocycles. The second-order valence-electron chi connectivity index (χ2n) is 5.28. The van der Waals surface area contributed by atoms with E-state index in [2.05, 4.69) is 41.3 Å². The highest BCUT2D eigenvalue weighted by Crippen LogP contribution is 2.24. The van der Waals surface area contributed by atoms with Gasteiger partial charge in [0, 0.05) is 29.7 Å². The van der Waals surface area contributed by atoms with Crippen molar-refractivity contribution in [3.05, 3.63) is 65.2 Å². The van der Waals surface area contributed by atoms with Crippen LogP contribution in [0.4, 0.5) is 11.5 Å². The molecule has 118 valence electrons. The summed E-state index contributed by atoms with van der Waals surface area (Å²) in [5.74, 6) is 0.807. The Labute approximate surface area is 146 Å². The van der Waals surface area contributed by atoms with E-state index in [1.165, 1.54) is 0 Å². The molecular weight excluding hydrogens is 368 g/mol. The first-order valence-electron chi connectivity index (χ1n) is 7.36. The minimum atomic E-state index is 0.756. The quantitative estimate of drug-likeness (QED) is 0.544. The number of fused-ring (bicyclic) bond motifs is 1. The molecule has 0 radical (unpaired) electrons. The molecule has 0 aliphatic carbocycles. The van der Waals surface area contributed by atoms with Gasteiger partial charge in [0.2, 0.25) is 0 Å². The van der Waals surface area contributed by atoms with E-state index in [0.29, 0.717) is 0 Å². The lowest BCUT2D eigenvalue weighted by Crippen LogP contribution is -2.03. The molecule has 0 bridgehead atoms. The second kappa shape index (κ2) is 6.01. The molecule has 0 fully saturated rings. The maximum atomic E-state index is 4.64. The molecule has 6 nitrogen and oxygen atoms in total. The molecule has 1 N–H and O–H groups in total. The average molecular weight is 381 g/mol. The summed E-state index contributed by atoms with van der Waals surface area (Å²) in [6.45, 7) is 1.97. The molecule has 0 atom stereocenters. The third-order valence-corrected chi connectivity index (χ3v) is 3.94. The van der Waals surface area contributed by atoms with E-state index in [0.717, 1.165) is 38.8 Å². The summed E-state index contributed by atoms with van der Waals surface area (Å²) in [4.78, 5) is 13.3. The van der Waals surface area contributed by atoms with Gasteiger partial charge in [-0.2, -0.15) is 9.61 Å². The highest BCUT2D eigenvalue weighted by Gasteiger charge is 2.10. The van der Waals surface area contributed by atoms with E-state index in [1.54, 1.807) is 16.9 Å². The van der Waals surface area contributed by atoms with E-state index in [-0.39, 0.29) is 0 Å². The number of aryl methyl sites for hydroxylation is 1. The standard InChI is InChI=1S/C17H13BrN6/c1-11-3-2-4-13(21-11)14-10-17(24-16(23-14)6-8-20-24)22-12-5-7-19-15(18)9-12/h2-10H,1H3,(H,19,22). The maximum Gasteiger partial charge on any atom is 0.158 e. The lowest BCUT2D eigenvalue weighted by atomic mass is 10.2. The van der Waals surface area contributed by atoms with Crippen LogP contribution in [-0.4, -0.2) is 24.6 Å². The number of aromatic nitrogens is 5. The number of rotatable bonds is 3. The van der Waals surface area contributed by atoms with Crippen LogP contribution in [0, 0.1) is 6.92 Å². The van der Waals surface area contributed by atoms with Crippen molar-refractivity contribution in [2.75, 3.05) is 5.32 Å². The predicted molar refractivity (Wildman–Crippen MR) is 96.2 cm³/mol. The summed E-state index contributed by atoms with van der Waals surface area (Å²) in [6.07, 6.45) is 3.46. The Balaban J connectivity index is 1.83. The van der Waals surface area contributed by atoms with Gasteiger partial charge in [-0.15, -0.1) is 0 Å². The zero-order chi connectivity index (χ0) is 16.5. The Bertz CT molecular complexity index is 1030. The predicted octanol–water partition coefficient (Wildman–Crippen LogP) is 4.00. The summed E-state index contributed by atoms with van der Waals surface area (Å²) < 4.78 is 2.52. The summed E-state index contributed by atoms with van der Waals surface area (Å²) >= 11 is 3.38. The number of nitrogens with zero attached hydrogens (tertiary/aromatic N) is 5. The van der Waals surface area contributed by atoms with Gasteiger partial charge in [0.1, 0.15) is 10.4 Å². The minimum absolute atomic E-state index is 0.756. The Kier molecular flexibility index (Phi) is 3.70. The van der Waals surface area contributed by atoms with Gasteiger partial charge in [0.05, 0.1) is 17.6 Å². The van der Waals surface area contributed by atoms with E-state index in [4.69, 9.17) is 0 Å². The zero-order valence-electron chi connectivity index (χ0n) is 12.8. The summed E-state index contributed by atoms with van der Waals surface area (Å²) in [6, 6.07) is 13.5. The van der Waals surface area contributed by atoms with Gasteiger partial charge in [-0.1, -0.05) is 6.07 Å². The molecule has 0 aliphatic heterocycles. The normalized spacial score (nSPS) is 10.9. The summed E-state index contributed by atoms with van der Waals surface area (Å²) in [5.41, 5.74) is 4.24. The smallest absolute Gasteiger partial charge is 0.158 e. The largest absolute Gasteiger partial charge is 0.340 e. The molecule has 0 unspecified atom stereocenters. The maximum absolute atomic E-state index is 4.64. The summed E-state index contributed by atoms with van der Waals surface area (Å²) in [5, 5.41) is 7.69. The minimum Gasteiger partial charge on any atom is -0.340 e. The van der Waals surface area contributed by atoms with Gasteiger partial charge in [-0.05, 0) is 47.1 Å². The van der Waals surface area contributed by atoms with Crippen molar-refractivity contribution in [2.45, 2.75) is 6.92 Å². The topological polar surface area (TPSA) is 68.0 Å². The second-order valence-corrected chi connectivity index (χ2v) is 6.10. The Morgan fingerprint density at radius 1 is 1.00 bits per heavy atom. The fourth-order valence-corrected chi connectivity index (χ4v) is 2.81. The highest BCUT2D eigenvalue weighted by atomic mass is 79.9. The molecule has 24 heavy (non-hydrogen) atoms. The van der Waals surface area contributed by atoms with Crippen LogP contribution in [0.5, 0.6) is 0 Å². The Morgan fingerprint density at radius 2 is 1.92 bits per heavy atom. The fourth-order valence-electron chi connectivity index (χ4n) is 2.45. The zero-order valence-corrected chi connectivity index (χ0v) is 14.4. The van der Waals surface area contributed by atoms with Crippen LogP contribution in [0.15, 0.2) is 59.5 Å². The van der Waals surface area contributed by atoms with Crippen molar-refractivity contribution < 1.29 is 0 Å². The molecule has 4 rings (SSSR count). The van der Waals surface area contributed by atoms with Crippen molar-refractivity contribution in [1.29, 1.82) is 0 Å². The number of nitrogens with one attached hydrogen (secondary N) is 1. The van der Waals surface area contributed by atoms with Crippen LogP contribution in [-0.2, 0) is 0 Å². The molecular formula is C17H13BrN6. The SMILES string of the molecule is Cc1cccc(-c2cc(Nc3ccnc(Br)c3)n3nccc3n2)n1. The molecule has 0 saturated carbocycles. The number of hydrogen-bond acceptors (Lipinski definition) is 5.